The lowest BCUT2D eigenvalue weighted by atomic mass is 9.83. The van der Waals surface area contributed by atoms with Crippen LogP contribution in [0.4, 0.5) is 4.79 Å². The number of fused-ring (bicyclic) bond motifs is 1. The summed E-state index contributed by atoms with van der Waals surface area (Å²) in [6.07, 6.45) is 5.26. The molecular formula is C34H39N5O4. The minimum Gasteiger partial charge on any atom is -0.443 e. The summed E-state index contributed by atoms with van der Waals surface area (Å²) in [6.45, 7) is 0.354. The van der Waals surface area contributed by atoms with Gasteiger partial charge in [-0.1, -0.05) is 98.1 Å². The number of nitrogens with zero attached hydrogens (tertiary/aromatic N) is 1. The van der Waals surface area contributed by atoms with Crippen LogP contribution in [0.25, 0.3) is 0 Å². The number of ether oxygens (including phenoxy) is 1. The molecule has 3 amide bonds. The van der Waals surface area contributed by atoms with E-state index >= 15 is 0 Å². The van der Waals surface area contributed by atoms with Crippen LogP contribution in [0, 0.1) is 5.92 Å². The van der Waals surface area contributed by atoms with Gasteiger partial charge in [0.25, 0.3) is 0 Å². The lowest BCUT2D eigenvalue weighted by molar-refractivity contribution is -0.134. The standard InChI is InChI=1S/C34H39N5O4/c35-29(25-11-5-2-6-12-25)31(40)39-34(19-27-13-7-8-14-28(27)20-34)32(41)37-21-23-15-17-26(18-16-23)30(36)38-33(42)43-22-24-9-3-1-4-10-24/h1,3-4,7-10,13-18,25,29H,2,5-6,11-12,19-22,35H2,(H,37,41)(H,39,40)(H2,36,38,42)/t29-/m1/s1. The number of rotatable bonds is 9. The molecule has 0 unspecified atom stereocenters. The van der Waals surface area contributed by atoms with Crippen LogP contribution in [-0.4, -0.2) is 35.3 Å². The van der Waals surface area contributed by atoms with Gasteiger partial charge in [-0.3, -0.25) is 9.59 Å². The molecule has 3 aromatic rings. The Hall–Kier alpha value is -4.50. The Morgan fingerprint density at radius 3 is 2.14 bits per heavy atom. The van der Waals surface area contributed by atoms with Gasteiger partial charge >= 0.3 is 6.09 Å². The number of benzene rings is 3. The van der Waals surface area contributed by atoms with E-state index in [-0.39, 0.29) is 36.7 Å². The van der Waals surface area contributed by atoms with Crippen molar-refractivity contribution in [1.29, 1.82) is 0 Å². The highest BCUT2D eigenvalue weighted by Crippen LogP contribution is 2.32. The molecule has 0 aliphatic heterocycles. The van der Waals surface area contributed by atoms with Crippen molar-refractivity contribution in [1.82, 2.24) is 10.6 Å². The number of amides is 3. The molecule has 2 aliphatic rings. The molecule has 0 saturated heterocycles. The van der Waals surface area contributed by atoms with Gasteiger partial charge in [0, 0.05) is 24.9 Å². The molecule has 224 valence electrons. The van der Waals surface area contributed by atoms with Crippen molar-refractivity contribution >= 4 is 23.7 Å². The SMILES string of the molecule is N/C(=N\C(=O)OCc1ccccc1)c1ccc(CNC(=O)C2(NC(=O)[C@H](N)C3CCCCC3)Cc3ccccc3C2)cc1. The van der Waals surface area contributed by atoms with Gasteiger partial charge in [-0.2, -0.15) is 4.99 Å². The van der Waals surface area contributed by atoms with E-state index in [1.165, 1.54) is 6.42 Å². The normalized spacial score (nSPS) is 17.0. The quantitative estimate of drug-likeness (QED) is 0.222. The van der Waals surface area contributed by atoms with Crippen LogP contribution in [-0.2, 0) is 40.3 Å². The summed E-state index contributed by atoms with van der Waals surface area (Å²) < 4.78 is 5.18. The summed E-state index contributed by atoms with van der Waals surface area (Å²) in [5.41, 5.74) is 15.7. The fourth-order valence-electron chi connectivity index (χ4n) is 6.01. The molecule has 0 bridgehead atoms. The van der Waals surface area contributed by atoms with E-state index in [4.69, 9.17) is 16.2 Å². The van der Waals surface area contributed by atoms with Gasteiger partial charge in [0.05, 0.1) is 6.04 Å². The number of aliphatic imine (C=N–C) groups is 1. The molecule has 5 rings (SSSR count). The number of nitrogens with one attached hydrogen (secondary N) is 2. The maximum Gasteiger partial charge on any atom is 0.435 e. The second-order valence-corrected chi connectivity index (χ2v) is 11.5. The Morgan fingerprint density at radius 2 is 1.49 bits per heavy atom. The summed E-state index contributed by atoms with van der Waals surface area (Å²) in [5, 5.41) is 6.11. The molecule has 1 saturated carbocycles. The zero-order valence-electron chi connectivity index (χ0n) is 24.3. The maximum atomic E-state index is 13.7. The fourth-order valence-corrected chi connectivity index (χ4v) is 6.01. The van der Waals surface area contributed by atoms with E-state index in [9.17, 15) is 14.4 Å². The fraction of sp³-hybridized carbons (Fsp3) is 0.353. The largest absolute Gasteiger partial charge is 0.443 e. The maximum absolute atomic E-state index is 13.7. The van der Waals surface area contributed by atoms with E-state index in [0.29, 0.717) is 18.4 Å². The van der Waals surface area contributed by atoms with E-state index in [1.807, 2.05) is 54.6 Å². The van der Waals surface area contributed by atoms with E-state index in [0.717, 1.165) is 47.9 Å². The molecule has 43 heavy (non-hydrogen) atoms. The molecule has 9 nitrogen and oxygen atoms in total. The predicted octanol–water partition coefficient (Wildman–Crippen LogP) is 3.91. The van der Waals surface area contributed by atoms with Gasteiger partial charge in [-0.15, -0.1) is 0 Å². The van der Waals surface area contributed by atoms with Crippen molar-refractivity contribution in [3.8, 4) is 0 Å². The van der Waals surface area contributed by atoms with Crippen molar-refractivity contribution in [2.75, 3.05) is 0 Å². The average molecular weight is 582 g/mol. The second kappa shape index (κ2) is 13.6. The van der Waals surface area contributed by atoms with Gasteiger partial charge in [0.1, 0.15) is 18.0 Å². The van der Waals surface area contributed by atoms with Gasteiger partial charge in [-0.25, -0.2) is 4.79 Å². The Balaban J connectivity index is 1.21. The van der Waals surface area contributed by atoms with E-state index < -0.39 is 17.7 Å². The number of carbonyl (C=O) groups excluding carboxylic acids is 3. The molecule has 2 aliphatic carbocycles. The molecule has 0 spiro atoms. The van der Waals surface area contributed by atoms with E-state index in [1.54, 1.807) is 24.3 Å². The number of hydrogen-bond donors (Lipinski definition) is 4. The van der Waals surface area contributed by atoms with Crippen molar-refractivity contribution in [2.24, 2.45) is 22.4 Å². The van der Waals surface area contributed by atoms with Crippen molar-refractivity contribution in [3.63, 3.8) is 0 Å². The highest BCUT2D eigenvalue weighted by molar-refractivity contribution is 6.02. The Bertz CT molecular complexity index is 1440. The zero-order chi connectivity index (χ0) is 30.2. The van der Waals surface area contributed by atoms with Crippen LogP contribution in [0.3, 0.4) is 0 Å². The van der Waals surface area contributed by atoms with Crippen molar-refractivity contribution in [3.05, 3.63) is 107 Å². The third-order valence-corrected chi connectivity index (χ3v) is 8.48. The smallest absolute Gasteiger partial charge is 0.435 e. The molecule has 9 heteroatoms. The molecule has 3 aromatic carbocycles. The van der Waals surface area contributed by atoms with Crippen molar-refractivity contribution in [2.45, 2.75) is 69.7 Å². The van der Waals surface area contributed by atoms with Gasteiger partial charge in [0.15, 0.2) is 0 Å². The Morgan fingerprint density at radius 1 is 0.860 bits per heavy atom. The Labute approximate surface area is 252 Å². The topological polar surface area (TPSA) is 149 Å². The lowest BCUT2D eigenvalue weighted by Crippen LogP contribution is -2.63. The first-order chi connectivity index (χ1) is 20.8. The first-order valence-corrected chi connectivity index (χ1v) is 14.9. The summed E-state index contributed by atoms with van der Waals surface area (Å²) in [5.74, 6) is -0.346. The third-order valence-electron chi connectivity index (χ3n) is 8.48. The molecular weight excluding hydrogens is 542 g/mol. The first-order valence-electron chi connectivity index (χ1n) is 14.9. The predicted molar refractivity (Wildman–Crippen MR) is 165 cm³/mol. The molecule has 0 aromatic heterocycles. The number of carbonyl (C=O) groups is 3. The Kier molecular flexibility index (Phi) is 9.51. The first kappa shape index (κ1) is 30.0. The lowest BCUT2D eigenvalue weighted by Gasteiger charge is -2.33. The van der Waals surface area contributed by atoms with Crippen LogP contribution < -0.4 is 22.1 Å². The zero-order valence-corrected chi connectivity index (χ0v) is 24.3. The molecule has 1 fully saturated rings. The number of hydrogen-bond acceptors (Lipinski definition) is 5. The van der Waals surface area contributed by atoms with Crippen molar-refractivity contribution < 1.29 is 19.1 Å². The third kappa shape index (κ3) is 7.48. The van der Waals surface area contributed by atoms with Crippen LogP contribution in [0.2, 0.25) is 0 Å². The van der Waals surface area contributed by atoms with Gasteiger partial charge in [-0.05, 0) is 41.0 Å². The summed E-state index contributed by atoms with van der Waals surface area (Å²) >= 11 is 0. The number of amidine groups is 1. The van der Waals surface area contributed by atoms with Crippen LogP contribution in [0.5, 0.6) is 0 Å². The molecule has 1 atom stereocenters. The highest BCUT2D eigenvalue weighted by Gasteiger charge is 2.46. The average Bonchev–Trinajstić information content (AvgIpc) is 3.42. The minimum absolute atomic E-state index is 0.0355. The summed E-state index contributed by atoms with van der Waals surface area (Å²) in [7, 11) is 0. The molecule has 0 heterocycles. The molecule has 6 N–H and O–H groups in total. The van der Waals surface area contributed by atoms with Gasteiger partial charge in [0.2, 0.25) is 11.8 Å². The summed E-state index contributed by atoms with van der Waals surface area (Å²) in [6, 6.07) is 23.6. The van der Waals surface area contributed by atoms with Gasteiger partial charge < -0.3 is 26.8 Å². The van der Waals surface area contributed by atoms with Crippen LogP contribution in [0.1, 0.15) is 59.9 Å². The van der Waals surface area contributed by atoms with E-state index in [2.05, 4.69) is 15.6 Å². The number of nitrogens with two attached hydrogens (primary N) is 2. The second-order valence-electron chi connectivity index (χ2n) is 11.5. The van der Waals surface area contributed by atoms with Crippen LogP contribution in [0.15, 0.2) is 83.9 Å². The molecule has 0 radical (unpaired) electrons. The monoisotopic (exact) mass is 581 g/mol. The highest BCUT2D eigenvalue weighted by atomic mass is 16.5. The van der Waals surface area contributed by atoms with Crippen LogP contribution >= 0.6 is 0 Å². The minimum atomic E-state index is -1.11. The summed E-state index contributed by atoms with van der Waals surface area (Å²) in [4.78, 5) is 43.1.